The zero-order valence-electron chi connectivity index (χ0n) is 9.02. The minimum absolute atomic E-state index is 0.377. The van der Waals surface area contributed by atoms with Crippen LogP contribution in [0, 0.1) is 3.70 Å². The van der Waals surface area contributed by atoms with Crippen LogP contribution in [0.15, 0.2) is 12.4 Å². The molecule has 2 heterocycles. The van der Waals surface area contributed by atoms with Gasteiger partial charge in [-0.15, -0.1) is 5.10 Å². The van der Waals surface area contributed by atoms with Gasteiger partial charge in [-0.25, -0.2) is 8.78 Å². The fraction of sp³-hybridized carbons (Fsp3) is 0.444. The van der Waals surface area contributed by atoms with E-state index in [-0.39, 0.29) is 6.54 Å². The van der Waals surface area contributed by atoms with E-state index in [1.807, 2.05) is 0 Å². The van der Waals surface area contributed by atoms with E-state index in [4.69, 9.17) is 0 Å². The summed E-state index contributed by atoms with van der Waals surface area (Å²) in [6.07, 6.45) is 1.35. The van der Waals surface area contributed by atoms with Crippen LogP contribution >= 0.6 is 22.6 Å². The van der Waals surface area contributed by atoms with Crippen molar-refractivity contribution in [2.45, 2.75) is 19.4 Å². The van der Waals surface area contributed by atoms with Gasteiger partial charge in [0, 0.05) is 19.7 Å². The standard InChI is InChI=1S/C9H10F2IN5/c1-16-14-7(9(12)15-16)2-6-3-13-17(4-6)5-8(10)11/h3-4,8H,2,5H2,1H3. The third-order valence-corrected chi connectivity index (χ3v) is 2.96. The molecule has 0 radical (unpaired) electrons. The Kier molecular flexibility index (Phi) is 3.69. The maximum atomic E-state index is 12.1. The molecule has 0 aromatic carbocycles. The van der Waals surface area contributed by atoms with E-state index in [9.17, 15) is 8.78 Å². The summed E-state index contributed by atoms with van der Waals surface area (Å²) in [7, 11) is 1.74. The van der Waals surface area contributed by atoms with Gasteiger partial charge in [-0.05, 0) is 28.2 Å². The molecule has 5 nitrogen and oxygen atoms in total. The fourth-order valence-corrected chi connectivity index (χ4v) is 2.07. The molecule has 0 fully saturated rings. The van der Waals surface area contributed by atoms with E-state index in [1.165, 1.54) is 9.48 Å². The molecule has 0 spiro atoms. The number of hydrogen-bond donors (Lipinski definition) is 0. The molecule has 2 aromatic heterocycles. The van der Waals surface area contributed by atoms with E-state index in [2.05, 4.69) is 37.9 Å². The molecule has 0 unspecified atom stereocenters. The molecular formula is C9H10F2IN5. The van der Waals surface area contributed by atoms with Crippen molar-refractivity contribution in [3.05, 3.63) is 27.4 Å². The van der Waals surface area contributed by atoms with Gasteiger partial charge in [-0.3, -0.25) is 4.68 Å². The summed E-state index contributed by atoms with van der Waals surface area (Å²) in [5, 5.41) is 12.2. The lowest BCUT2D eigenvalue weighted by atomic mass is 10.2. The first-order chi connectivity index (χ1) is 8.04. The number of nitrogens with zero attached hydrogens (tertiary/aromatic N) is 5. The van der Waals surface area contributed by atoms with Crippen LogP contribution in [-0.2, 0) is 20.0 Å². The van der Waals surface area contributed by atoms with E-state index >= 15 is 0 Å². The Labute approximate surface area is 110 Å². The highest BCUT2D eigenvalue weighted by Gasteiger charge is 2.10. The maximum Gasteiger partial charge on any atom is 0.257 e. The molecule has 0 N–H and O–H groups in total. The van der Waals surface area contributed by atoms with Crippen LogP contribution in [-0.4, -0.2) is 31.2 Å². The van der Waals surface area contributed by atoms with Gasteiger partial charge in [-0.2, -0.15) is 15.0 Å². The second-order valence-corrected chi connectivity index (χ2v) is 4.59. The van der Waals surface area contributed by atoms with Gasteiger partial charge in [0.05, 0.1) is 6.20 Å². The van der Waals surface area contributed by atoms with Crippen molar-refractivity contribution in [2.24, 2.45) is 7.05 Å². The number of alkyl halides is 2. The van der Waals surface area contributed by atoms with E-state index in [0.29, 0.717) is 6.42 Å². The highest BCUT2D eigenvalue weighted by molar-refractivity contribution is 14.1. The Morgan fingerprint density at radius 1 is 1.41 bits per heavy atom. The monoisotopic (exact) mass is 353 g/mol. The Hall–Kier alpha value is -1.06. The second kappa shape index (κ2) is 5.07. The lowest BCUT2D eigenvalue weighted by Crippen LogP contribution is -2.06. The minimum Gasteiger partial charge on any atom is -0.267 e. The van der Waals surface area contributed by atoms with Crippen molar-refractivity contribution in [3.63, 3.8) is 0 Å². The van der Waals surface area contributed by atoms with Crippen LogP contribution in [0.3, 0.4) is 0 Å². The molecule has 17 heavy (non-hydrogen) atoms. The Balaban J connectivity index is 2.08. The summed E-state index contributed by atoms with van der Waals surface area (Å²) in [5.41, 5.74) is 1.67. The van der Waals surface area contributed by atoms with Crippen molar-refractivity contribution < 1.29 is 8.78 Å². The molecule has 92 valence electrons. The smallest absolute Gasteiger partial charge is 0.257 e. The predicted molar refractivity (Wildman–Crippen MR) is 64.8 cm³/mol. The van der Waals surface area contributed by atoms with Gasteiger partial charge in [0.25, 0.3) is 6.43 Å². The van der Waals surface area contributed by atoms with Crippen LogP contribution in [0.25, 0.3) is 0 Å². The van der Waals surface area contributed by atoms with E-state index in [1.54, 1.807) is 19.4 Å². The largest absolute Gasteiger partial charge is 0.267 e. The molecule has 0 saturated heterocycles. The quantitative estimate of drug-likeness (QED) is 0.783. The molecule has 0 aliphatic heterocycles. The average Bonchev–Trinajstić information content (AvgIpc) is 2.74. The Morgan fingerprint density at radius 3 is 2.76 bits per heavy atom. The molecule has 0 saturated carbocycles. The Morgan fingerprint density at radius 2 is 2.18 bits per heavy atom. The van der Waals surface area contributed by atoms with Crippen molar-refractivity contribution in [2.75, 3.05) is 0 Å². The molecule has 0 amide bonds. The number of aryl methyl sites for hydroxylation is 1. The summed E-state index contributed by atoms with van der Waals surface area (Å²) in [4.78, 5) is 1.49. The molecule has 8 heteroatoms. The van der Waals surface area contributed by atoms with E-state index in [0.717, 1.165) is 15.0 Å². The van der Waals surface area contributed by atoms with Gasteiger partial charge >= 0.3 is 0 Å². The fourth-order valence-electron chi connectivity index (χ4n) is 1.46. The van der Waals surface area contributed by atoms with Gasteiger partial charge in [-0.1, -0.05) is 0 Å². The van der Waals surface area contributed by atoms with Gasteiger partial charge in [0.1, 0.15) is 15.9 Å². The van der Waals surface area contributed by atoms with Crippen molar-refractivity contribution in [1.82, 2.24) is 24.8 Å². The lowest BCUT2D eigenvalue weighted by Gasteiger charge is -1.97. The highest BCUT2D eigenvalue weighted by atomic mass is 127. The SMILES string of the molecule is Cn1nc(I)c(Cc2cnn(CC(F)F)c2)n1. The summed E-state index contributed by atoms with van der Waals surface area (Å²) in [5.74, 6) is 0. The van der Waals surface area contributed by atoms with Gasteiger partial charge in [0.15, 0.2) is 0 Å². The van der Waals surface area contributed by atoms with Crippen LogP contribution in [0.4, 0.5) is 8.78 Å². The van der Waals surface area contributed by atoms with Gasteiger partial charge in [0.2, 0.25) is 0 Å². The first-order valence-electron chi connectivity index (χ1n) is 4.90. The molecule has 2 aromatic rings. The molecule has 2 rings (SSSR count). The Bertz CT molecular complexity index is 507. The average molecular weight is 353 g/mol. The topological polar surface area (TPSA) is 48.5 Å². The minimum atomic E-state index is -2.39. The predicted octanol–water partition coefficient (Wildman–Crippen LogP) is 1.47. The molecule has 0 bridgehead atoms. The molecule has 0 atom stereocenters. The third kappa shape index (κ3) is 3.20. The number of hydrogen-bond acceptors (Lipinski definition) is 3. The molecule has 0 aliphatic carbocycles. The number of rotatable bonds is 4. The first-order valence-corrected chi connectivity index (χ1v) is 5.97. The van der Waals surface area contributed by atoms with Crippen molar-refractivity contribution in [3.8, 4) is 0 Å². The van der Waals surface area contributed by atoms with Crippen LogP contribution in [0.1, 0.15) is 11.3 Å². The number of halogens is 3. The van der Waals surface area contributed by atoms with Crippen LogP contribution in [0.2, 0.25) is 0 Å². The maximum absolute atomic E-state index is 12.1. The van der Waals surface area contributed by atoms with Crippen molar-refractivity contribution >= 4 is 22.6 Å². The number of aromatic nitrogens is 5. The summed E-state index contributed by atoms with van der Waals surface area (Å²) >= 11 is 2.09. The zero-order chi connectivity index (χ0) is 12.4. The van der Waals surface area contributed by atoms with Gasteiger partial charge < -0.3 is 0 Å². The van der Waals surface area contributed by atoms with Crippen LogP contribution in [0.5, 0.6) is 0 Å². The van der Waals surface area contributed by atoms with E-state index < -0.39 is 6.43 Å². The summed E-state index contributed by atoms with van der Waals surface area (Å²) in [6.45, 7) is -0.377. The zero-order valence-corrected chi connectivity index (χ0v) is 11.2. The lowest BCUT2D eigenvalue weighted by molar-refractivity contribution is 0.122. The first kappa shape index (κ1) is 12.4. The second-order valence-electron chi connectivity index (χ2n) is 3.57. The normalized spacial score (nSPS) is 11.4. The third-order valence-electron chi connectivity index (χ3n) is 2.12. The molecular weight excluding hydrogens is 343 g/mol. The summed E-state index contributed by atoms with van der Waals surface area (Å²) in [6, 6.07) is 0. The molecule has 0 aliphatic rings. The van der Waals surface area contributed by atoms with Crippen molar-refractivity contribution in [1.29, 1.82) is 0 Å². The highest BCUT2D eigenvalue weighted by Crippen LogP contribution is 2.12. The summed E-state index contributed by atoms with van der Waals surface area (Å²) < 4.78 is 26.3. The van der Waals surface area contributed by atoms with Crippen LogP contribution < -0.4 is 0 Å².